The largest absolute Gasteiger partial charge is 0.354 e. The molecule has 0 fully saturated rings. The summed E-state index contributed by atoms with van der Waals surface area (Å²) in [5.41, 5.74) is 1.75. The molecule has 5 nitrogen and oxygen atoms in total. The van der Waals surface area contributed by atoms with Gasteiger partial charge in [-0.15, -0.1) is 0 Å². The quantitative estimate of drug-likeness (QED) is 0.758. The number of halogens is 1. The fourth-order valence-corrected chi connectivity index (χ4v) is 2.17. The van der Waals surface area contributed by atoms with E-state index in [9.17, 15) is 9.59 Å². The van der Waals surface area contributed by atoms with E-state index in [1.807, 2.05) is 39.0 Å². The minimum absolute atomic E-state index is 0.0745. The summed E-state index contributed by atoms with van der Waals surface area (Å²) in [4.78, 5) is 23.5. The SMILES string of the molecule is Cc1ccc(Br)c(NC(=O)N[C@H](C)CC(=O)NC(C)C)c1. The Morgan fingerprint density at radius 3 is 2.48 bits per heavy atom. The number of rotatable bonds is 5. The van der Waals surface area contributed by atoms with Gasteiger partial charge in [0, 0.05) is 23.0 Å². The first-order valence-corrected chi connectivity index (χ1v) is 7.70. The average Bonchev–Trinajstić information content (AvgIpc) is 2.32. The Kier molecular flexibility index (Phi) is 6.68. The van der Waals surface area contributed by atoms with Crippen LogP contribution in [0.15, 0.2) is 22.7 Å². The predicted molar refractivity (Wildman–Crippen MR) is 88.4 cm³/mol. The van der Waals surface area contributed by atoms with Crippen LogP contribution < -0.4 is 16.0 Å². The molecular formula is C15H22BrN3O2. The maximum Gasteiger partial charge on any atom is 0.319 e. The van der Waals surface area contributed by atoms with Crippen LogP contribution in [-0.4, -0.2) is 24.0 Å². The number of hydrogen-bond acceptors (Lipinski definition) is 2. The van der Waals surface area contributed by atoms with E-state index in [0.29, 0.717) is 5.69 Å². The van der Waals surface area contributed by atoms with Crippen molar-refractivity contribution in [3.05, 3.63) is 28.2 Å². The molecule has 116 valence electrons. The first kappa shape index (κ1) is 17.5. The molecule has 0 saturated carbocycles. The lowest BCUT2D eigenvalue weighted by molar-refractivity contribution is -0.121. The van der Waals surface area contributed by atoms with Crippen molar-refractivity contribution < 1.29 is 9.59 Å². The van der Waals surface area contributed by atoms with Crippen LogP contribution in [0.1, 0.15) is 32.8 Å². The molecule has 0 unspecified atom stereocenters. The minimum atomic E-state index is -0.328. The van der Waals surface area contributed by atoms with Gasteiger partial charge in [-0.2, -0.15) is 0 Å². The molecule has 0 radical (unpaired) electrons. The molecule has 0 heterocycles. The molecule has 6 heteroatoms. The Labute approximate surface area is 134 Å². The highest BCUT2D eigenvalue weighted by atomic mass is 79.9. The van der Waals surface area contributed by atoms with Gasteiger partial charge in [0.05, 0.1) is 5.69 Å². The number of aryl methyl sites for hydroxylation is 1. The molecule has 21 heavy (non-hydrogen) atoms. The van der Waals surface area contributed by atoms with Gasteiger partial charge < -0.3 is 16.0 Å². The van der Waals surface area contributed by atoms with Crippen LogP contribution in [0.4, 0.5) is 10.5 Å². The zero-order chi connectivity index (χ0) is 16.0. The van der Waals surface area contributed by atoms with Gasteiger partial charge in [-0.25, -0.2) is 4.79 Å². The number of urea groups is 1. The van der Waals surface area contributed by atoms with Gasteiger partial charge in [-0.1, -0.05) is 6.07 Å². The summed E-state index contributed by atoms with van der Waals surface area (Å²) in [5.74, 6) is -0.0745. The van der Waals surface area contributed by atoms with E-state index in [1.54, 1.807) is 6.92 Å². The number of carbonyl (C=O) groups is 2. The first-order chi connectivity index (χ1) is 9.77. The molecule has 1 aromatic carbocycles. The summed E-state index contributed by atoms with van der Waals surface area (Å²) in [6, 6.07) is 5.23. The number of anilines is 1. The second-order valence-electron chi connectivity index (χ2n) is 5.41. The molecule has 0 bridgehead atoms. The topological polar surface area (TPSA) is 70.2 Å². The predicted octanol–water partition coefficient (Wildman–Crippen LogP) is 3.18. The Bertz CT molecular complexity index is 518. The molecule has 0 spiro atoms. The normalized spacial score (nSPS) is 11.9. The van der Waals surface area contributed by atoms with Crippen LogP contribution in [-0.2, 0) is 4.79 Å². The van der Waals surface area contributed by atoms with E-state index in [1.165, 1.54) is 0 Å². The van der Waals surface area contributed by atoms with Crippen molar-refractivity contribution in [1.29, 1.82) is 0 Å². The van der Waals surface area contributed by atoms with Crippen molar-refractivity contribution in [2.75, 3.05) is 5.32 Å². The maximum absolute atomic E-state index is 11.9. The van der Waals surface area contributed by atoms with Gasteiger partial charge in [-0.3, -0.25) is 4.79 Å². The van der Waals surface area contributed by atoms with Gasteiger partial charge in [0.25, 0.3) is 0 Å². The second kappa shape index (κ2) is 8.02. The molecule has 0 aliphatic heterocycles. The fraction of sp³-hybridized carbons (Fsp3) is 0.467. The van der Waals surface area contributed by atoms with E-state index in [2.05, 4.69) is 31.9 Å². The fourth-order valence-electron chi connectivity index (χ4n) is 1.83. The third kappa shape index (κ3) is 6.62. The van der Waals surface area contributed by atoms with Crippen LogP contribution in [0.5, 0.6) is 0 Å². The molecular weight excluding hydrogens is 334 g/mol. The van der Waals surface area contributed by atoms with Gasteiger partial charge in [0.15, 0.2) is 0 Å². The van der Waals surface area contributed by atoms with Crippen LogP contribution >= 0.6 is 15.9 Å². The van der Waals surface area contributed by atoms with Crippen LogP contribution in [0.25, 0.3) is 0 Å². The molecule has 0 aliphatic rings. The third-order valence-corrected chi connectivity index (χ3v) is 3.38. The Balaban J connectivity index is 2.49. The molecule has 1 rings (SSSR count). The number of benzene rings is 1. The summed E-state index contributed by atoms with van der Waals surface area (Å²) in [6.07, 6.45) is 0.251. The molecule has 0 aliphatic carbocycles. The van der Waals surface area contributed by atoms with E-state index in [0.717, 1.165) is 10.0 Å². The van der Waals surface area contributed by atoms with Crippen LogP contribution in [0.2, 0.25) is 0 Å². The average molecular weight is 356 g/mol. The monoisotopic (exact) mass is 355 g/mol. The zero-order valence-electron chi connectivity index (χ0n) is 12.8. The highest BCUT2D eigenvalue weighted by molar-refractivity contribution is 9.10. The standard InChI is InChI=1S/C15H22BrN3O2/c1-9(2)17-14(20)8-11(4)18-15(21)19-13-7-10(3)5-6-12(13)16/h5-7,9,11H,8H2,1-4H3,(H,17,20)(H2,18,19,21)/t11-/m1/s1. The molecule has 0 aromatic heterocycles. The summed E-state index contributed by atoms with van der Waals surface area (Å²) in [7, 11) is 0. The molecule has 3 N–H and O–H groups in total. The van der Waals surface area contributed by atoms with E-state index < -0.39 is 0 Å². The summed E-state index contributed by atoms with van der Waals surface area (Å²) in [5, 5.41) is 8.31. The van der Waals surface area contributed by atoms with Gasteiger partial charge >= 0.3 is 6.03 Å². The lowest BCUT2D eigenvalue weighted by Gasteiger charge is -2.16. The second-order valence-corrected chi connectivity index (χ2v) is 6.26. The molecule has 3 amide bonds. The highest BCUT2D eigenvalue weighted by Crippen LogP contribution is 2.23. The van der Waals surface area contributed by atoms with Crippen molar-refractivity contribution in [2.45, 2.75) is 46.2 Å². The van der Waals surface area contributed by atoms with Crippen molar-refractivity contribution >= 4 is 33.6 Å². The lowest BCUT2D eigenvalue weighted by atomic mass is 10.2. The first-order valence-electron chi connectivity index (χ1n) is 6.91. The van der Waals surface area contributed by atoms with Gasteiger partial charge in [-0.05, 0) is 61.3 Å². The van der Waals surface area contributed by atoms with Crippen molar-refractivity contribution in [3.8, 4) is 0 Å². The van der Waals surface area contributed by atoms with Crippen LogP contribution in [0.3, 0.4) is 0 Å². The molecule has 1 aromatic rings. The van der Waals surface area contributed by atoms with Crippen molar-refractivity contribution in [1.82, 2.24) is 10.6 Å². The van der Waals surface area contributed by atoms with E-state index in [4.69, 9.17) is 0 Å². The summed E-state index contributed by atoms with van der Waals surface area (Å²) >= 11 is 3.39. The van der Waals surface area contributed by atoms with E-state index >= 15 is 0 Å². The summed E-state index contributed by atoms with van der Waals surface area (Å²) in [6.45, 7) is 7.55. The Morgan fingerprint density at radius 1 is 1.19 bits per heavy atom. The van der Waals surface area contributed by atoms with Gasteiger partial charge in [0.2, 0.25) is 5.91 Å². The number of nitrogens with one attached hydrogen (secondary N) is 3. The van der Waals surface area contributed by atoms with Gasteiger partial charge in [0.1, 0.15) is 0 Å². The maximum atomic E-state index is 11.9. The Hall–Kier alpha value is -1.56. The lowest BCUT2D eigenvalue weighted by Crippen LogP contribution is -2.40. The molecule has 0 saturated heterocycles. The van der Waals surface area contributed by atoms with E-state index in [-0.39, 0.29) is 30.4 Å². The molecule has 1 atom stereocenters. The number of hydrogen-bond donors (Lipinski definition) is 3. The third-order valence-electron chi connectivity index (χ3n) is 2.69. The zero-order valence-corrected chi connectivity index (χ0v) is 14.4. The smallest absolute Gasteiger partial charge is 0.319 e. The number of carbonyl (C=O) groups excluding carboxylic acids is 2. The van der Waals surface area contributed by atoms with Crippen LogP contribution in [0, 0.1) is 6.92 Å². The van der Waals surface area contributed by atoms with Crippen molar-refractivity contribution in [2.24, 2.45) is 0 Å². The summed E-state index contributed by atoms with van der Waals surface area (Å²) < 4.78 is 0.813. The number of amides is 3. The van der Waals surface area contributed by atoms with Crippen molar-refractivity contribution in [3.63, 3.8) is 0 Å². The highest BCUT2D eigenvalue weighted by Gasteiger charge is 2.13. The minimum Gasteiger partial charge on any atom is -0.354 e. The Morgan fingerprint density at radius 2 is 1.86 bits per heavy atom.